The summed E-state index contributed by atoms with van der Waals surface area (Å²) in [7, 11) is 0. The van der Waals surface area contributed by atoms with Crippen LogP contribution in [-0.2, 0) is 11.3 Å². The molecule has 5 heteroatoms. The fourth-order valence-electron chi connectivity index (χ4n) is 1.86. The summed E-state index contributed by atoms with van der Waals surface area (Å²) in [5, 5.41) is 6.23. The molecule has 20 heavy (non-hydrogen) atoms. The Morgan fingerprint density at radius 2 is 2.25 bits per heavy atom. The van der Waals surface area contributed by atoms with Gasteiger partial charge in [-0.05, 0) is 53.4 Å². The van der Waals surface area contributed by atoms with Crippen LogP contribution in [0.3, 0.4) is 0 Å². The lowest BCUT2D eigenvalue weighted by Gasteiger charge is -2.10. The Hall–Kier alpha value is -1.07. The van der Waals surface area contributed by atoms with E-state index >= 15 is 0 Å². The van der Waals surface area contributed by atoms with Gasteiger partial charge in [0, 0.05) is 19.1 Å². The molecule has 110 valence electrons. The number of carbonyl (C=O) groups excluding carboxylic acids is 1. The first-order valence-corrected chi connectivity index (χ1v) is 7.89. The normalized spacial score (nSPS) is 14.1. The van der Waals surface area contributed by atoms with Crippen molar-refractivity contribution < 1.29 is 9.53 Å². The maximum Gasteiger partial charge on any atom is 0.223 e. The van der Waals surface area contributed by atoms with Crippen molar-refractivity contribution >= 4 is 21.8 Å². The molecule has 0 atom stereocenters. The second-order valence-electron chi connectivity index (χ2n) is 4.97. The van der Waals surface area contributed by atoms with E-state index in [-0.39, 0.29) is 5.91 Å². The van der Waals surface area contributed by atoms with Gasteiger partial charge in [0.05, 0.1) is 17.5 Å². The van der Waals surface area contributed by atoms with Crippen LogP contribution in [0.25, 0.3) is 0 Å². The molecule has 0 heterocycles. The quantitative estimate of drug-likeness (QED) is 0.764. The third kappa shape index (κ3) is 5.13. The van der Waals surface area contributed by atoms with Gasteiger partial charge in [0.2, 0.25) is 5.91 Å². The number of hydrogen-bond donors (Lipinski definition) is 2. The number of hydrogen-bond acceptors (Lipinski definition) is 3. The van der Waals surface area contributed by atoms with E-state index in [4.69, 9.17) is 4.74 Å². The fourth-order valence-corrected chi connectivity index (χ4v) is 2.40. The standard InChI is InChI=1S/C15H21BrN2O2/c1-2-17-15(19)7-8-20-14-6-3-11(9-13(14)16)10-18-12-4-5-12/h3,6,9,12,18H,2,4-5,7-8,10H2,1H3,(H,17,19). The van der Waals surface area contributed by atoms with Crippen molar-refractivity contribution in [3.05, 3.63) is 28.2 Å². The van der Waals surface area contributed by atoms with Gasteiger partial charge in [-0.3, -0.25) is 4.79 Å². The van der Waals surface area contributed by atoms with E-state index < -0.39 is 0 Å². The molecule has 1 amide bonds. The molecule has 4 nitrogen and oxygen atoms in total. The molecule has 1 aromatic rings. The monoisotopic (exact) mass is 340 g/mol. The summed E-state index contributed by atoms with van der Waals surface area (Å²) >= 11 is 3.51. The van der Waals surface area contributed by atoms with Gasteiger partial charge in [0.15, 0.2) is 0 Å². The minimum Gasteiger partial charge on any atom is -0.492 e. The molecule has 1 aliphatic carbocycles. The van der Waals surface area contributed by atoms with E-state index in [1.165, 1.54) is 18.4 Å². The number of benzene rings is 1. The van der Waals surface area contributed by atoms with Crippen LogP contribution in [0.2, 0.25) is 0 Å². The molecule has 2 rings (SSSR count). The van der Waals surface area contributed by atoms with Crippen molar-refractivity contribution in [1.29, 1.82) is 0 Å². The van der Waals surface area contributed by atoms with Crippen LogP contribution in [0.1, 0.15) is 31.7 Å². The molecule has 1 saturated carbocycles. The SMILES string of the molecule is CCNC(=O)CCOc1ccc(CNC2CC2)cc1Br. The largest absolute Gasteiger partial charge is 0.492 e. The second kappa shape index (κ2) is 7.64. The average molecular weight is 341 g/mol. The highest BCUT2D eigenvalue weighted by Gasteiger charge is 2.20. The lowest BCUT2D eigenvalue weighted by molar-refractivity contribution is -0.121. The molecule has 0 aliphatic heterocycles. The first-order chi connectivity index (χ1) is 9.69. The van der Waals surface area contributed by atoms with Crippen molar-refractivity contribution in [3.63, 3.8) is 0 Å². The average Bonchev–Trinajstić information content (AvgIpc) is 3.23. The Kier molecular flexibility index (Phi) is 5.86. The summed E-state index contributed by atoms with van der Waals surface area (Å²) < 4.78 is 6.55. The molecular weight excluding hydrogens is 320 g/mol. The van der Waals surface area contributed by atoms with E-state index in [2.05, 4.69) is 38.7 Å². The maximum absolute atomic E-state index is 11.3. The molecule has 1 aromatic carbocycles. The summed E-state index contributed by atoms with van der Waals surface area (Å²) in [6.45, 7) is 3.85. The van der Waals surface area contributed by atoms with E-state index in [0.29, 0.717) is 25.6 Å². The van der Waals surface area contributed by atoms with Gasteiger partial charge in [-0.25, -0.2) is 0 Å². The van der Waals surface area contributed by atoms with Gasteiger partial charge in [0.1, 0.15) is 5.75 Å². The lowest BCUT2D eigenvalue weighted by atomic mass is 10.2. The Labute approximate surface area is 128 Å². The number of amides is 1. The highest BCUT2D eigenvalue weighted by molar-refractivity contribution is 9.10. The maximum atomic E-state index is 11.3. The van der Waals surface area contributed by atoms with Crippen LogP contribution in [-0.4, -0.2) is 25.1 Å². The van der Waals surface area contributed by atoms with Crippen LogP contribution in [0, 0.1) is 0 Å². The Morgan fingerprint density at radius 1 is 1.45 bits per heavy atom. The molecular formula is C15H21BrN2O2. The number of carbonyl (C=O) groups is 1. The van der Waals surface area contributed by atoms with Crippen LogP contribution in [0.4, 0.5) is 0 Å². The molecule has 0 saturated heterocycles. The smallest absolute Gasteiger partial charge is 0.223 e. The van der Waals surface area contributed by atoms with Gasteiger partial charge in [0.25, 0.3) is 0 Å². The topological polar surface area (TPSA) is 50.4 Å². The Morgan fingerprint density at radius 3 is 2.90 bits per heavy atom. The third-order valence-corrected chi connectivity index (χ3v) is 3.75. The highest BCUT2D eigenvalue weighted by atomic mass is 79.9. The number of rotatable bonds is 8. The summed E-state index contributed by atoms with van der Waals surface area (Å²) in [4.78, 5) is 11.3. The molecule has 1 aliphatic rings. The van der Waals surface area contributed by atoms with Gasteiger partial charge >= 0.3 is 0 Å². The zero-order valence-corrected chi connectivity index (χ0v) is 13.3. The van der Waals surface area contributed by atoms with Gasteiger partial charge < -0.3 is 15.4 Å². The van der Waals surface area contributed by atoms with Gasteiger partial charge in [-0.1, -0.05) is 6.07 Å². The van der Waals surface area contributed by atoms with Gasteiger partial charge in [-0.2, -0.15) is 0 Å². The number of halogens is 1. The summed E-state index contributed by atoms with van der Waals surface area (Å²) in [5.74, 6) is 0.804. The number of ether oxygens (including phenoxy) is 1. The molecule has 2 N–H and O–H groups in total. The third-order valence-electron chi connectivity index (χ3n) is 3.13. The van der Waals surface area contributed by atoms with Crippen molar-refractivity contribution in [1.82, 2.24) is 10.6 Å². The van der Waals surface area contributed by atoms with E-state index in [1.807, 2.05) is 13.0 Å². The van der Waals surface area contributed by atoms with E-state index in [0.717, 1.165) is 16.8 Å². The first-order valence-electron chi connectivity index (χ1n) is 7.10. The molecule has 1 fully saturated rings. The molecule has 0 aromatic heterocycles. The predicted octanol–water partition coefficient (Wildman–Crippen LogP) is 2.61. The Bertz CT molecular complexity index is 461. The minimum atomic E-state index is 0.0221. The molecule has 0 radical (unpaired) electrons. The molecule has 0 unspecified atom stereocenters. The number of nitrogens with one attached hydrogen (secondary N) is 2. The van der Waals surface area contributed by atoms with Gasteiger partial charge in [-0.15, -0.1) is 0 Å². The first kappa shape index (κ1) is 15.3. The summed E-state index contributed by atoms with van der Waals surface area (Å²) in [6, 6.07) is 6.78. The van der Waals surface area contributed by atoms with Crippen LogP contribution in [0.15, 0.2) is 22.7 Å². The zero-order chi connectivity index (χ0) is 14.4. The Balaban J connectivity index is 1.77. The predicted molar refractivity (Wildman–Crippen MR) is 82.8 cm³/mol. The van der Waals surface area contributed by atoms with Crippen molar-refractivity contribution in [2.75, 3.05) is 13.2 Å². The zero-order valence-electron chi connectivity index (χ0n) is 11.7. The van der Waals surface area contributed by atoms with E-state index in [1.54, 1.807) is 0 Å². The minimum absolute atomic E-state index is 0.0221. The highest BCUT2D eigenvalue weighted by Crippen LogP contribution is 2.27. The lowest BCUT2D eigenvalue weighted by Crippen LogP contribution is -2.24. The molecule has 0 bridgehead atoms. The van der Waals surface area contributed by atoms with Crippen molar-refractivity contribution in [2.45, 2.75) is 38.8 Å². The van der Waals surface area contributed by atoms with E-state index in [9.17, 15) is 4.79 Å². The van der Waals surface area contributed by atoms with Crippen molar-refractivity contribution in [2.24, 2.45) is 0 Å². The molecule has 0 spiro atoms. The van der Waals surface area contributed by atoms with Crippen molar-refractivity contribution in [3.8, 4) is 5.75 Å². The second-order valence-corrected chi connectivity index (χ2v) is 5.83. The van der Waals surface area contributed by atoms with Crippen LogP contribution < -0.4 is 15.4 Å². The van der Waals surface area contributed by atoms with Crippen LogP contribution in [0.5, 0.6) is 5.75 Å². The fraction of sp³-hybridized carbons (Fsp3) is 0.533. The summed E-state index contributed by atoms with van der Waals surface area (Å²) in [5.41, 5.74) is 1.24. The summed E-state index contributed by atoms with van der Waals surface area (Å²) in [6.07, 6.45) is 2.97. The van der Waals surface area contributed by atoms with Crippen LogP contribution >= 0.6 is 15.9 Å².